The molecule has 1 fully saturated rings. The van der Waals surface area contributed by atoms with Gasteiger partial charge < -0.3 is 15.0 Å². The van der Waals surface area contributed by atoms with Gasteiger partial charge in [0, 0.05) is 24.7 Å². The maximum atomic E-state index is 12.5. The van der Waals surface area contributed by atoms with Crippen LogP contribution >= 0.6 is 0 Å². The molecule has 0 unspecified atom stereocenters. The van der Waals surface area contributed by atoms with Crippen molar-refractivity contribution in [2.24, 2.45) is 0 Å². The molecule has 1 aliphatic heterocycles. The highest BCUT2D eigenvalue weighted by Crippen LogP contribution is 2.21. The molecule has 0 atom stereocenters. The van der Waals surface area contributed by atoms with E-state index >= 15 is 0 Å². The van der Waals surface area contributed by atoms with E-state index in [0.29, 0.717) is 18.7 Å². The average Bonchev–Trinajstić information content (AvgIpc) is 2.69. The summed E-state index contributed by atoms with van der Waals surface area (Å²) in [5.41, 5.74) is 3.96. The molecule has 3 rings (SSSR count). The van der Waals surface area contributed by atoms with Crippen molar-refractivity contribution >= 4 is 11.8 Å². The van der Waals surface area contributed by atoms with Gasteiger partial charge in [-0.1, -0.05) is 29.8 Å². The van der Waals surface area contributed by atoms with Gasteiger partial charge in [-0.25, -0.2) is 0 Å². The molecule has 1 heterocycles. The van der Waals surface area contributed by atoms with Gasteiger partial charge in [-0.05, 0) is 62.9 Å². The summed E-state index contributed by atoms with van der Waals surface area (Å²) in [6, 6.07) is 13.5. The van der Waals surface area contributed by atoms with E-state index in [1.165, 1.54) is 0 Å². The van der Waals surface area contributed by atoms with Gasteiger partial charge in [0.05, 0.1) is 0 Å². The number of benzene rings is 2. The van der Waals surface area contributed by atoms with Gasteiger partial charge in [0.1, 0.15) is 5.75 Å². The molecule has 1 saturated heterocycles. The molecule has 5 heteroatoms. The van der Waals surface area contributed by atoms with Crippen LogP contribution < -0.4 is 10.1 Å². The van der Waals surface area contributed by atoms with Gasteiger partial charge in [0.15, 0.2) is 6.61 Å². The second kappa shape index (κ2) is 8.91. The second-order valence-corrected chi connectivity index (χ2v) is 7.48. The quantitative estimate of drug-likeness (QED) is 0.865. The van der Waals surface area contributed by atoms with Gasteiger partial charge in [0.25, 0.3) is 11.8 Å². The number of hydrogen-bond acceptors (Lipinski definition) is 3. The summed E-state index contributed by atoms with van der Waals surface area (Å²) < 4.78 is 5.73. The highest BCUT2D eigenvalue weighted by molar-refractivity contribution is 5.94. The molecule has 28 heavy (non-hydrogen) atoms. The molecule has 0 saturated carbocycles. The van der Waals surface area contributed by atoms with Crippen LogP contribution in [0.25, 0.3) is 0 Å². The molecular weight excluding hydrogens is 352 g/mol. The zero-order chi connectivity index (χ0) is 20.1. The van der Waals surface area contributed by atoms with E-state index in [4.69, 9.17) is 4.74 Å². The van der Waals surface area contributed by atoms with Crippen LogP contribution in [-0.4, -0.2) is 42.5 Å². The Hall–Kier alpha value is -2.82. The SMILES string of the molecule is Cc1cccc(C(=O)NC2CCN(C(=O)COc3cccc(C)c3C)CC2)c1. The molecule has 1 N–H and O–H groups in total. The lowest BCUT2D eigenvalue weighted by Crippen LogP contribution is -2.47. The molecule has 0 bridgehead atoms. The smallest absolute Gasteiger partial charge is 0.260 e. The highest BCUT2D eigenvalue weighted by Gasteiger charge is 2.24. The van der Waals surface area contributed by atoms with E-state index in [9.17, 15) is 9.59 Å². The van der Waals surface area contributed by atoms with E-state index in [-0.39, 0.29) is 24.5 Å². The molecule has 2 amide bonds. The number of ether oxygens (including phenoxy) is 1. The number of nitrogens with one attached hydrogen (secondary N) is 1. The van der Waals surface area contributed by atoms with E-state index in [1.807, 2.05) is 68.1 Å². The fraction of sp³-hybridized carbons (Fsp3) is 0.391. The molecule has 2 aromatic carbocycles. The van der Waals surface area contributed by atoms with Crippen molar-refractivity contribution in [1.82, 2.24) is 10.2 Å². The average molecular weight is 380 g/mol. The molecule has 0 radical (unpaired) electrons. The van der Waals surface area contributed by atoms with Gasteiger partial charge in [-0.2, -0.15) is 0 Å². The van der Waals surface area contributed by atoms with Crippen molar-refractivity contribution < 1.29 is 14.3 Å². The number of hydrogen-bond donors (Lipinski definition) is 1. The minimum absolute atomic E-state index is 0.00985. The molecule has 0 aliphatic carbocycles. The van der Waals surface area contributed by atoms with Gasteiger partial charge in [-0.3, -0.25) is 9.59 Å². The molecule has 5 nitrogen and oxygen atoms in total. The van der Waals surface area contributed by atoms with Crippen LogP contribution in [0, 0.1) is 20.8 Å². The standard InChI is InChI=1S/C23H28N2O3/c1-16-6-4-8-19(14-16)23(27)24-20-10-12-25(13-11-20)22(26)15-28-21-9-5-7-17(2)18(21)3/h4-9,14,20H,10-13,15H2,1-3H3,(H,24,27). The van der Waals surface area contributed by atoms with Crippen molar-refractivity contribution in [2.45, 2.75) is 39.7 Å². The number of carbonyl (C=O) groups excluding carboxylic acids is 2. The Balaban J connectivity index is 1.46. The zero-order valence-corrected chi connectivity index (χ0v) is 16.8. The maximum Gasteiger partial charge on any atom is 0.260 e. The van der Waals surface area contributed by atoms with E-state index in [1.54, 1.807) is 0 Å². The first kappa shape index (κ1) is 19.9. The Morgan fingerprint density at radius 1 is 1.07 bits per heavy atom. The van der Waals surface area contributed by atoms with Crippen LogP contribution in [0.15, 0.2) is 42.5 Å². The topological polar surface area (TPSA) is 58.6 Å². The highest BCUT2D eigenvalue weighted by atomic mass is 16.5. The first-order chi connectivity index (χ1) is 13.4. The van der Waals surface area contributed by atoms with Crippen LogP contribution in [0.2, 0.25) is 0 Å². The van der Waals surface area contributed by atoms with E-state index in [0.717, 1.165) is 35.3 Å². The maximum absolute atomic E-state index is 12.5. The summed E-state index contributed by atoms with van der Waals surface area (Å²) in [4.78, 5) is 26.7. The fourth-order valence-corrected chi connectivity index (χ4v) is 3.44. The predicted octanol–water partition coefficient (Wildman–Crippen LogP) is 3.41. The summed E-state index contributed by atoms with van der Waals surface area (Å²) in [5.74, 6) is 0.699. The Morgan fingerprint density at radius 2 is 1.79 bits per heavy atom. The zero-order valence-electron chi connectivity index (χ0n) is 16.8. The normalized spacial score (nSPS) is 14.6. The van der Waals surface area contributed by atoms with Crippen molar-refractivity contribution in [3.8, 4) is 5.75 Å². The predicted molar refractivity (Wildman–Crippen MR) is 110 cm³/mol. The molecular formula is C23H28N2O3. The van der Waals surface area contributed by atoms with Crippen LogP contribution in [0.1, 0.15) is 39.9 Å². The Kier molecular flexibility index (Phi) is 6.34. The van der Waals surface area contributed by atoms with Crippen molar-refractivity contribution in [3.63, 3.8) is 0 Å². The molecule has 1 aliphatic rings. The molecule has 148 valence electrons. The minimum Gasteiger partial charge on any atom is -0.483 e. The number of aryl methyl sites for hydroxylation is 2. The van der Waals surface area contributed by atoms with Gasteiger partial charge >= 0.3 is 0 Å². The minimum atomic E-state index is -0.0493. The summed E-state index contributed by atoms with van der Waals surface area (Å²) in [5, 5.41) is 3.09. The third kappa shape index (κ3) is 4.91. The summed E-state index contributed by atoms with van der Waals surface area (Å²) in [6.45, 7) is 7.31. The number of amides is 2. The lowest BCUT2D eigenvalue weighted by molar-refractivity contribution is -0.134. The third-order valence-corrected chi connectivity index (χ3v) is 5.37. The summed E-state index contributed by atoms with van der Waals surface area (Å²) in [6.07, 6.45) is 1.51. The van der Waals surface area contributed by atoms with E-state index < -0.39 is 0 Å². The van der Waals surface area contributed by atoms with Gasteiger partial charge in [-0.15, -0.1) is 0 Å². The summed E-state index contributed by atoms with van der Waals surface area (Å²) in [7, 11) is 0. The summed E-state index contributed by atoms with van der Waals surface area (Å²) >= 11 is 0. The monoisotopic (exact) mass is 380 g/mol. The van der Waals surface area contributed by atoms with Crippen LogP contribution in [0.4, 0.5) is 0 Å². The molecule has 2 aromatic rings. The first-order valence-electron chi connectivity index (χ1n) is 9.78. The largest absolute Gasteiger partial charge is 0.483 e. The van der Waals surface area contributed by atoms with E-state index in [2.05, 4.69) is 5.32 Å². The Bertz CT molecular complexity index is 855. The third-order valence-electron chi connectivity index (χ3n) is 5.37. The Labute approximate surface area is 166 Å². The number of carbonyl (C=O) groups is 2. The fourth-order valence-electron chi connectivity index (χ4n) is 3.44. The van der Waals surface area contributed by atoms with Crippen molar-refractivity contribution in [2.75, 3.05) is 19.7 Å². The molecule has 0 aromatic heterocycles. The lowest BCUT2D eigenvalue weighted by Gasteiger charge is -2.32. The molecule has 0 spiro atoms. The Morgan fingerprint density at radius 3 is 2.50 bits per heavy atom. The van der Waals surface area contributed by atoms with Crippen molar-refractivity contribution in [1.29, 1.82) is 0 Å². The number of piperidine rings is 1. The number of nitrogens with zero attached hydrogens (tertiary/aromatic N) is 1. The number of likely N-dealkylation sites (tertiary alicyclic amines) is 1. The van der Waals surface area contributed by atoms with Gasteiger partial charge in [0.2, 0.25) is 0 Å². The first-order valence-corrected chi connectivity index (χ1v) is 9.78. The van der Waals surface area contributed by atoms with Crippen LogP contribution in [-0.2, 0) is 4.79 Å². The second-order valence-electron chi connectivity index (χ2n) is 7.48. The number of rotatable bonds is 5. The van der Waals surface area contributed by atoms with Crippen LogP contribution in [0.3, 0.4) is 0 Å². The van der Waals surface area contributed by atoms with Crippen LogP contribution in [0.5, 0.6) is 5.75 Å². The lowest BCUT2D eigenvalue weighted by atomic mass is 10.0. The van der Waals surface area contributed by atoms with Crippen molar-refractivity contribution in [3.05, 3.63) is 64.7 Å².